The average molecular weight is 550 g/mol. The molecule has 0 amide bonds. The first kappa shape index (κ1) is 27.2. The summed E-state index contributed by atoms with van der Waals surface area (Å²) < 4.78 is 50.1. The first-order valence-corrected chi connectivity index (χ1v) is 12.6. The zero-order chi connectivity index (χ0) is 28.2. The SMILES string of the molecule is COC(=O)c1nn(-c2ccc(OC)cc2)c2c(=O)n(-c3cc[c]c(F)c3S(N)(=O)=O)cnc12.[c]1ccccc1. The van der Waals surface area contributed by atoms with Gasteiger partial charge in [-0.2, -0.15) is 5.10 Å². The predicted octanol–water partition coefficient (Wildman–Crippen LogP) is 2.44. The molecule has 2 aromatic heterocycles. The fourth-order valence-corrected chi connectivity index (χ4v) is 4.34. The monoisotopic (exact) mass is 549 g/mol. The highest BCUT2D eigenvalue weighted by molar-refractivity contribution is 7.89. The van der Waals surface area contributed by atoms with Crippen LogP contribution in [0.1, 0.15) is 10.5 Å². The van der Waals surface area contributed by atoms with Crippen LogP contribution in [0.5, 0.6) is 5.75 Å². The number of fused-ring (bicyclic) bond motifs is 1. The predicted molar refractivity (Wildman–Crippen MR) is 138 cm³/mol. The number of ether oxygens (including phenoxy) is 2. The number of halogens is 1. The third-order valence-electron chi connectivity index (χ3n) is 5.31. The number of aromatic nitrogens is 4. The fourth-order valence-electron chi connectivity index (χ4n) is 3.57. The molecule has 3 aromatic carbocycles. The van der Waals surface area contributed by atoms with Gasteiger partial charge < -0.3 is 9.47 Å². The number of hydrogen-bond donors (Lipinski definition) is 1. The number of nitrogens with two attached hydrogens (primary N) is 1. The summed E-state index contributed by atoms with van der Waals surface area (Å²) >= 11 is 0. The van der Waals surface area contributed by atoms with Gasteiger partial charge in [-0.1, -0.05) is 30.3 Å². The third kappa shape index (κ3) is 5.54. The molecule has 13 heteroatoms. The molecule has 0 aliphatic heterocycles. The molecule has 0 bridgehead atoms. The van der Waals surface area contributed by atoms with Gasteiger partial charge in [0.15, 0.2) is 17.0 Å². The second-order valence-electron chi connectivity index (χ2n) is 7.70. The minimum Gasteiger partial charge on any atom is -0.497 e. The third-order valence-corrected chi connectivity index (χ3v) is 6.27. The number of primary sulfonamides is 1. The molecule has 2 radical (unpaired) electrons. The van der Waals surface area contributed by atoms with E-state index in [1.54, 1.807) is 24.3 Å². The molecule has 5 aromatic rings. The van der Waals surface area contributed by atoms with E-state index in [9.17, 15) is 22.4 Å². The number of esters is 1. The van der Waals surface area contributed by atoms with Gasteiger partial charge in [0, 0.05) is 6.07 Å². The quantitative estimate of drug-likeness (QED) is 0.329. The Morgan fingerprint density at radius 3 is 2.28 bits per heavy atom. The first-order chi connectivity index (χ1) is 18.7. The van der Waals surface area contributed by atoms with Crippen molar-refractivity contribution < 1.29 is 27.1 Å². The normalized spacial score (nSPS) is 11.0. The summed E-state index contributed by atoms with van der Waals surface area (Å²) in [5.74, 6) is -1.57. The van der Waals surface area contributed by atoms with Crippen LogP contribution < -0.4 is 15.4 Å². The van der Waals surface area contributed by atoms with Crippen molar-refractivity contribution in [1.29, 1.82) is 0 Å². The van der Waals surface area contributed by atoms with Crippen LogP contribution in [-0.2, 0) is 14.8 Å². The number of methoxy groups -OCH3 is 2. The van der Waals surface area contributed by atoms with Crippen molar-refractivity contribution in [2.45, 2.75) is 4.90 Å². The van der Waals surface area contributed by atoms with Gasteiger partial charge in [0.25, 0.3) is 5.56 Å². The fraction of sp³-hybridized carbons (Fsp3) is 0.0769. The van der Waals surface area contributed by atoms with E-state index < -0.39 is 32.3 Å². The van der Waals surface area contributed by atoms with Crippen molar-refractivity contribution in [2.24, 2.45) is 5.14 Å². The number of carbonyl (C=O) groups excluding carboxylic acids is 1. The van der Waals surface area contributed by atoms with E-state index in [1.807, 2.05) is 30.3 Å². The zero-order valence-electron chi connectivity index (χ0n) is 20.5. The number of benzene rings is 3. The van der Waals surface area contributed by atoms with Crippen molar-refractivity contribution in [3.8, 4) is 17.1 Å². The van der Waals surface area contributed by atoms with E-state index in [4.69, 9.17) is 14.6 Å². The molecule has 2 heterocycles. The van der Waals surface area contributed by atoms with Crippen molar-refractivity contribution in [3.63, 3.8) is 0 Å². The minimum atomic E-state index is -4.57. The topological polar surface area (TPSA) is 148 Å². The van der Waals surface area contributed by atoms with Crippen LogP contribution in [0.25, 0.3) is 22.4 Å². The molecule has 0 fully saturated rings. The minimum absolute atomic E-state index is 0.0981. The molecule has 2 N–H and O–H groups in total. The standard InChI is InChI=1S/C20H15FN5O6S.C6H5/c1-31-12-8-6-11(7-9-12)26-17-15(16(24-26)20(28)32-2)23-10-25(19(17)27)14-5-3-4-13(21)18(14)33(22,29)30;1-2-4-6-5-3-1/h3,5-10H,1-2H3,(H2,22,29,30);1-5H. The maximum atomic E-state index is 14.3. The van der Waals surface area contributed by atoms with Gasteiger partial charge in [0.1, 0.15) is 22.5 Å². The smallest absolute Gasteiger partial charge is 0.360 e. The Bertz CT molecular complexity index is 1780. The van der Waals surface area contributed by atoms with Crippen molar-refractivity contribution in [1.82, 2.24) is 19.3 Å². The van der Waals surface area contributed by atoms with E-state index in [0.717, 1.165) is 34.8 Å². The Morgan fingerprint density at radius 1 is 1.05 bits per heavy atom. The second-order valence-corrected chi connectivity index (χ2v) is 9.19. The van der Waals surface area contributed by atoms with E-state index >= 15 is 0 Å². The van der Waals surface area contributed by atoms with Gasteiger partial charge in [0.2, 0.25) is 10.0 Å². The first-order valence-electron chi connectivity index (χ1n) is 11.0. The lowest BCUT2D eigenvalue weighted by molar-refractivity contribution is 0.0595. The van der Waals surface area contributed by atoms with Crippen LogP contribution in [0.4, 0.5) is 4.39 Å². The van der Waals surface area contributed by atoms with Gasteiger partial charge in [-0.05, 0) is 42.5 Å². The van der Waals surface area contributed by atoms with Gasteiger partial charge in [0.05, 0.1) is 25.6 Å². The average Bonchev–Trinajstić information content (AvgIpc) is 3.34. The largest absolute Gasteiger partial charge is 0.497 e. The maximum Gasteiger partial charge on any atom is 0.360 e. The van der Waals surface area contributed by atoms with Crippen LogP contribution in [0.3, 0.4) is 0 Å². The summed E-state index contributed by atoms with van der Waals surface area (Å²) in [7, 11) is -1.94. The molecule has 11 nitrogen and oxygen atoms in total. The molecule has 0 unspecified atom stereocenters. The molecule has 198 valence electrons. The summed E-state index contributed by atoms with van der Waals surface area (Å²) in [6, 6.07) is 23.2. The Kier molecular flexibility index (Phi) is 7.83. The Balaban J connectivity index is 0.000000519. The lowest BCUT2D eigenvalue weighted by Crippen LogP contribution is -2.25. The van der Waals surface area contributed by atoms with E-state index in [1.165, 1.54) is 7.11 Å². The highest BCUT2D eigenvalue weighted by Crippen LogP contribution is 2.24. The molecule has 5 rings (SSSR count). The Labute approximate surface area is 221 Å². The van der Waals surface area contributed by atoms with Crippen LogP contribution in [0.2, 0.25) is 0 Å². The molecule has 0 aliphatic rings. The van der Waals surface area contributed by atoms with Crippen LogP contribution >= 0.6 is 0 Å². The molecule has 0 spiro atoms. The van der Waals surface area contributed by atoms with Gasteiger partial charge in [-0.25, -0.2) is 32.4 Å². The molecular formula is C26H20FN5O6S. The van der Waals surface area contributed by atoms with Crippen molar-refractivity contribution >= 4 is 27.0 Å². The molecule has 0 atom stereocenters. The van der Waals surface area contributed by atoms with Crippen molar-refractivity contribution in [2.75, 3.05) is 14.2 Å². The number of carbonyl (C=O) groups is 1. The van der Waals surface area contributed by atoms with Crippen LogP contribution in [0, 0.1) is 17.9 Å². The van der Waals surface area contributed by atoms with Crippen molar-refractivity contribution in [3.05, 3.63) is 107 Å². The van der Waals surface area contributed by atoms with Gasteiger partial charge in [-0.15, -0.1) is 0 Å². The number of sulfonamides is 1. The zero-order valence-corrected chi connectivity index (χ0v) is 21.3. The summed E-state index contributed by atoms with van der Waals surface area (Å²) in [5.41, 5.74) is -1.38. The highest BCUT2D eigenvalue weighted by atomic mass is 32.2. The van der Waals surface area contributed by atoms with E-state index in [2.05, 4.69) is 22.2 Å². The molecular weight excluding hydrogens is 529 g/mol. The Morgan fingerprint density at radius 2 is 1.74 bits per heavy atom. The maximum absolute atomic E-state index is 14.3. The van der Waals surface area contributed by atoms with Gasteiger partial charge in [-0.3, -0.25) is 9.36 Å². The molecule has 0 saturated heterocycles. The number of rotatable bonds is 5. The summed E-state index contributed by atoms with van der Waals surface area (Å²) in [6.45, 7) is 0. The van der Waals surface area contributed by atoms with Crippen LogP contribution in [0.15, 0.2) is 82.7 Å². The summed E-state index contributed by atoms with van der Waals surface area (Å²) in [6.07, 6.45) is 0.945. The molecule has 0 saturated carbocycles. The molecule has 0 aliphatic carbocycles. The van der Waals surface area contributed by atoms with Crippen LogP contribution in [-0.4, -0.2) is 47.9 Å². The summed E-state index contributed by atoms with van der Waals surface area (Å²) in [5, 5.41) is 9.33. The number of hydrogen-bond acceptors (Lipinski definition) is 8. The van der Waals surface area contributed by atoms with E-state index in [-0.39, 0.29) is 22.4 Å². The van der Waals surface area contributed by atoms with E-state index in [0.29, 0.717) is 11.4 Å². The lowest BCUT2D eigenvalue weighted by atomic mass is 10.2. The van der Waals surface area contributed by atoms with Gasteiger partial charge >= 0.3 is 5.97 Å². The second kappa shape index (κ2) is 11.2. The lowest BCUT2D eigenvalue weighted by Gasteiger charge is -2.11. The Hall–Kier alpha value is -4.88. The summed E-state index contributed by atoms with van der Waals surface area (Å²) in [4.78, 5) is 28.9. The molecule has 39 heavy (non-hydrogen) atoms. The number of nitrogens with zero attached hydrogens (tertiary/aromatic N) is 4. The highest BCUT2D eigenvalue weighted by Gasteiger charge is 2.26.